The third-order valence-electron chi connectivity index (χ3n) is 1.48. The first-order valence-corrected chi connectivity index (χ1v) is 3.30. The molecule has 0 saturated carbocycles. The number of aliphatic hydroxyl groups excluding tert-OH is 1. The smallest absolute Gasteiger partial charge is 1.00 e. The van der Waals surface area contributed by atoms with Crippen LogP contribution in [0.15, 0.2) is 0 Å². The normalized spacial score (nSPS) is 15.6. The summed E-state index contributed by atoms with van der Waals surface area (Å²) in [6, 6.07) is 0. The van der Waals surface area contributed by atoms with E-state index < -0.39 is 36.0 Å². The zero-order valence-corrected chi connectivity index (χ0v) is 8.87. The zero-order valence-electron chi connectivity index (χ0n) is 9.45. The maximum atomic E-state index is 10.4. The van der Waals surface area contributed by atoms with Crippen molar-refractivity contribution in [1.82, 2.24) is 0 Å². The molecule has 0 fully saturated rings. The molecular formula is C6H10MgO8. The average Bonchev–Trinajstić information content (AvgIpc) is 2.00. The van der Waals surface area contributed by atoms with E-state index in [0.29, 0.717) is 0 Å². The first-order valence-electron chi connectivity index (χ1n) is 3.30. The number of aliphatic hydroxyl groups is 2. The van der Waals surface area contributed by atoms with Gasteiger partial charge in [0.1, 0.15) is 0 Å². The summed E-state index contributed by atoms with van der Waals surface area (Å²) >= 11 is 0. The van der Waals surface area contributed by atoms with Crippen molar-refractivity contribution < 1.29 is 42.8 Å². The summed E-state index contributed by atoms with van der Waals surface area (Å²) in [5, 5.41) is 42.6. The molecule has 0 aliphatic rings. The Morgan fingerprint density at radius 2 is 1.60 bits per heavy atom. The SMILES string of the molecule is O=C(O)CC(O)(C(=O)O)C(O)C(=O)O.[H-].[H-].[Mg+2]. The van der Waals surface area contributed by atoms with Crippen molar-refractivity contribution >= 4 is 41.0 Å². The van der Waals surface area contributed by atoms with Gasteiger partial charge in [-0.15, -0.1) is 0 Å². The Kier molecular flexibility index (Phi) is 6.45. The molecule has 2 unspecified atom stereocenters. The summed E-state index contributed by atoms with van der Waals surface area (Å²) in [6.45, 7) is 0. The Morgan fingerprint density at radius 3 is 1.80 bits per heavy atom. The Morgan fingerprint density at radius 1 is 1.20 bits per heavy atom. The van der Waals surface area contributed by atoms with Gasteiger partial charge in [0, 0.05) is 0 Å². The zero-order chi connectivity index (χ0) is 11.5. The number of hydrogen-bond acceptors (Lipinski definition) is 5. The Hall–Kier alpha value is -0.904. The Labute approximate surface area is 102 Å². The summed E-state index contributed by atoms with van der Waals surface area (Å²) < 4.78 is 0. The maximum absolute atomic E-state index is 10.4. The van der Waals surface area contributed by atoms with E-state index in [9.17, 15) is 14.4 Å². The molecule has 0 amide bonds. The van der Waals surface area contributed by atoms with Crippen LogP contribution < -0.4 is 0 Å². The van der Waals surface area contributed by atoms with Crippen molar-refractivity contribution in [2.45, 2.75) is 18.1 Å². The Balaban J connectivity index is -0.000000282. The average molecular weight is 234 g/mol. The van der Waals surface area contributed by atoms with Gasteiger partial charge < -0.3 is 28.4 Å². The second-order valence-corrected chi connectivity index (χ2v) is 2.54. The molecule has 84 valence electrons. The summed E-state index contributed by atoms with van der Waals surface area (Å²) in [7, 11) is 0. The summed E-state index contributed by atoms with van der Waals surface area (Å²) in [4.78, 5) is 30.7. The number of rotatable bonds is 5. The molecule has 0 aliphatic carbocycles. The molecule has 2 atom stereocenters. The van der Waals surface area contributed by atoms with Crippen LogP contribution in [0.25, 0.3) is 0 Å². The molecule has 0 rings (SSSR count). The second kappa shape index (κ2) is 5.85. The van der Waals surface area contributed by atoms with Gasteiger partial charge in [0.2, 0.25) is 5.60 Å². The second-order valence-electron chi connectivity index (χ2n) is 2.54. The predicted molar refractivity (Wildman–Crippen MR) is 46.5 cm³/mol. The van der Waals surface area contributed by atoms with E-state index in [0.717, 1.165) is 0 Å². The fraction of sp³-hybridized carbons (Fsp3) is 0.500. The van der Waals surface area contributed by atoms with Crippen LogP contribution in [-0.2, 0) is 14.4 Å². The molecule has 0 heterocycles. The molecule has 0 saturated heterocycles. The van der Waals surface area contributed by atoms with Crippen molar-refractivity contribution in [2.75, 3.05) is 0 Å². The van der Waals surface area contributed by atoms with Crippen LogP contribution in [0.4, 0.5) is 0 Å². The third-order valence-corrected chi connectivity index (χ3v) is 1.48. The molecule has 0 aromatic carbocycles. The minimum Gasteiger partial charge on any atom is -1.00 e. The van der Waals surface area contributed by atoms with Gasteiger partial charge in [-0.2, -0.15) is 0 Å². The molecule has 0 aromatic rings. The van der Waals surface area contributed by atoms with Crippen LogP contribution in [0.2, 0.25) is 0 Å². The van der Waals surface area contributed by atoms with Gasteiger partial charge in [0.25, 0.3) is 0 Å². The summed E-state index contributed by atoms with van der Waals surface area (Å²) in [5.74, 6) is -5.87. The van der Waals surface area contributed by atoms with E-state index in [1.807, 2.05) is 0 Å². The van der Waals surface area contributed by atoms with Crippen molar-refractivity contribution in [1.29, 1.82) is 0 Å². The molecule has 0 aromatic heterocycles. The van der Waals surface area contributed by atoms with E-state index in [1.165, 1.54) is 0 Å². The molecule has 8 nitrogen and oxygen atoms in total. The van der Waals surface area contributed by atoms with Crippen LogP contribution in [-0.4, -0.2) is 78.2 Å². The van der Waals surface area contributed by atoms with E-state index in [-0.39, 0.29) is 25.9 Å². The molecular weight excluding hydrogens is 224 g/mol. The number of carbonyl (C=O) groups is 3. The first-order chi connectivity index (χ1) is 6.21. The van der Waals surface area contributed by atoms with Gasteiger partial charge in [-0.05, 0) is 0 Å². The van der Waals surface area contributed by atoms with E-state index in [1.54, 1.807) is 0 Å². The quantitative estimate of drug-likeness (QED) is 0.329. The van der Waals surface area contributed by atoms with Gasteiger partial charge in [0.15, 0.2) is 6.10 Å². The van der Waals surface area contributed by atoms with Gasteiger partial charge in [-0.25, -0.2) is 9.59 Å². The minimum absolute atomic E-state index is 0. The van der Waals surface area contributed by atoms with Crippen molar-refractivity contribution in [3.05, 3.63) is 0 Å². The fourth-order valence-corrected chi connectivity index (χ4v) is 0.724. The summed E-state index contributed by atoms with van der Waals surface area (Å²) in [5.41, 5.74) is -3.22. The van der Waals surface area contributed by atoms with E-state index in [2.05, 4.69) is 0 Å². The van der Waals surface area contributed by atoms with Crippen LogP contribution in [0.1, 0.15) is 9.27 Å². The standard InChI is InChI=1S/C6H8O8.Mg.2H/c7-2(8)1-6(14,5(12)13)3(9)4(10)11;;;/h3,9,14H,1H2,(H,7,8)(H,10,11)(H,12,13);;;/q;+2;2*-1. The number of carboxylic acid groups (broad SMARTS) is 3. The van der Waals surface area contributed by atoms with Crippen molar-refractivity contribution in [3.63, 3.8) is 0 Å². The van der Waals surface area contributed by atoms with E-state index >= 15 is 0 Å². The number of aliphatic carboxylic acids is 3. The van der Waals surface area contributed by atoms with Crippen molar-refractivity contribution in [3.8, 4) is 0 Å². The molecule has 5 N–H and O–H groups in total. The van der Waals surface area contributed by atoms with Gasteiger partial charge in [-0.1, -0.05) is 0 Å². The molecule has 0 aliphatic heterocycles. The maximum Gasteiger partial charge on any atom is 2.00 e. The third kappa shape index (κ3) is 3.99. The Bertz CT molecular complexity index is 285. The minimum atomic E-state index is -3.22. The van der Waals surface area contributed by atoms with Crippen LogP contribution in [0.3, 0.4) is 0 Å². The molecule has 0 radical (unpaired) electrons. The van der Waals surface area contributed by atoms with E-state index in [4.69, 9.17) is 25.5 Å². The topological polar surface area (TPSA) is 152 Å². The first kappa shape index (κ1) is 16.5. The molecule has 15 heavy (non-hydrogen) atoms. The van der Waals surface area contributed by atoms with Crippen LogP contribution in [0.5, 0.6) is 0 Å². The van der Waals surface area contributed by atoms with Gasteiger partial charge >= 0.3 is 41.0 Å². The van der Waals surface area contributed by atoms with Gasteiger partial charge in [0.05, 0.1) is 6.42 Å². The van der Waals surface area contributed by atoms with Crippen molar-refractivity contribution in [2.24, 2.45) is 0 Å². The fourth-order valence-electron chi connectivity index (χ4n) is 0.724. The molecule has 0 spiro atoms. The summed E-state index contributed by atoms with van der Waals surface area (Å²) in [6.07, 6.45) is -4.11. The predicted octanol–water partition coefficient (Wildman–Crippen LogP) is -2.43. The van der Waals surface area contributed by atoms with Gasteiger partial charge in [-0.3, -0.25) is 4.79 Å². The molecule has 9 heteroatoms. The number of carboxylic acids is 3. The monoisotopic (exact) mass is 234 g/mol. The number of hydrogen-bond donors (Lipinski definition) is 5. The van der Waals surface area contributed by atoms with Crippen LogP contribution >= 0.6 is 0 Å². The molecule has 0 bridgehead atoms. The van der Waals surface area contributed by atoms with Crippen LogP contribution in [0, 0.1) is 0 Å². The largest absolute Gasteiger partial charge is 2.00 e.